The molecule has 236 valence electrons. The Hall–Kier alpha value is -5.58. The molecule has 0 bridgehead atoms. The lowest BCUT2D eigenvalue weighted by Gasteiger charge is -2.29. The summed E-state index contributed by atoms with van der Waals surface area (Å²) in [5, 5.41) is 9.16. The number of hydrogen-bond donors (Lipinski definition) is 4. The number of para-hydroxylation sites is 1. The van der Waals surface area contributed by atoms with Gasteiger partial charge in [-0.1, -0.05) is 48.5 Å². The van der Waals surface area contributed by atoms with Gasteiger partial charge in [-0.25, -0.2) is 19.7 Å². The van der Waals surface area contributed by atoms with E-state index in [1.165, 1.54) is 5.56 Å². The quantitative estimate of drug-likeness (QED) is 0.139. The van der Waals surface area contributed by atoms with Crippen molar-refractivity contribution >= 4 is 34.7 Å². The molecule has 0 atom stereocenters. The Morgan fingerprint density at radius 1 is 0.809 bits per heavy atom. The number of rotatable bonds is 9. The third kappa shape index (κ3) is 7.30. The maximum Gasteiger partial charge on any atom is 0.323 e. The van der Waals surface area contributed by atoms with Gasteiger partial charge in [-0.15, -0.1) is 0 Å². The van der Waals surface area contributed by atoms with Gasteiger partial charge in [0.2, 0.25) is 5.95 Å². The highest BCUT2D eigenvalue weighted by atomic mass is 16.2. The fourth-order valence-electron chi connectivity index (χ4n) is 5.90. The summed E-state index contributed by atoms with van der Waals surface area (Å²) in [4.78, 5) is 29.6. The first-order valence-electron chi connectivity index (χ1n) is 16.0. The zero-order valence-electron chi connectivity index (χ0n) is 26.0. The third-order valence-electron chi connectivity index (χ3n) is 8.41. The zero-order valence-corrected chi connectivity index (χ0v) is 26.0. The molecule has 0 saturated carbocycles. The molecule has 10 heteroatoms. The van der Waals surface area contributed by atoms with Crippen molar-refractivity contribution in [1.82, 2.24) is 24.3 Å². The largest absolute Gasteiger partial charge is 0.328 e. The average Bonchev–Trinajstić information content (AvgIpc) is 3.49. The summed E-state index contributed by atoms with van der Waals surface area (Å²) in [5.74, 6) is 0.490. The zero-order chi connectivity index (χ0) is 32.0. The molecular weight excluding hydrogens is 586 g/mol. The molecule has 3 aromatic carbocycles. The van der Waals surface area contributed by atoms with Crippen molar-refractivity contribution in [2.75, 3.05) is 35.6 Å². The molecule has 7 rings (SSSR count). The molecule has 10 nitrogen and oxygen atoms in total. The minimum atomic E-state index is -0.324. The van der Waals surface area contributed by atoms with Gasteiger partial charge in [0, 0.05) is 47.6 Å². The molecule has 1 aliphatic rings. The van der Waals surface area contributed by atoms with Crippen LogP contribution in [-0.4, -0.2) is 56.0 Å². The van der Waals surface area contributed by atoms with E-state index in [2.05, 4.69) is 50.1 Å². The number of nitrogens with two attached hydrogens (primary N) is 1. The number of carbonyl (C=O) groups is 1. The fraction of sp³-hybridized carbons (Fsp3) is 0.189. The van der Waals surface area contributed by atoms with E-state index >= 15 is 0 Å². The summed E-state index contributed by atoms with van der Waals surface area (Å²) in [6.07, 6.45) is 6.89. The van der Waals surface area contributed by atoms with Crippen LogP contribution in [0.5, 0.6) is 0 Å². The topological polar surface area (TPSA) is 126 Å². The molecule has 0 unspecified atom stereocenters. The summed E-state index contributed by atoms with van der Waals surface area (Å²) in [5.41, 5.74) is 13.5. The number of carbonyl (C=O) groups excluding carboxylic acids is 1. The number of imidazole rings is 1. The standard InChI is InChI=1S/C37H37N9O/c38-28-18-23-45(24-19-28)22-17-26-12-14-30(15-13-26)40-36-39-20-16-32(43-36)35-34(44-33-11-4-5-21-46(33)35)27-7-6-10-31(25-27)42-37(47)41-29-8-2-1-3-9-29/h1-16,20-21,25,28H,17-19,22-24,38H2,(H,39,40,43)(H2,41,42,47). The highest BCUT2D eigenvalue weighted by Crippen LogP contribution is 2.33. The van der Waals surface area contributed by atoms with E-state index in [-0.39, 0.29) is 6.03 Å². The number of nitrogens with one attached hydrogen (secondary N) is 3. The second-order valence-electron chi connectivity index (χ2n) is 11.8. The maximum absolute atomic E-state index is 12.7. The number of likely N-dealkylation sites (tertiary alicyclic amines) is 1. The van der Waals surface area contributed by atoms with Crippen LogP contribution in [-0.2, 0) is 6.42 Å². The van der Waals surface area contributed by atoms with Gasteiger partial charge in [0.15, 0.2) is 0 Å². The van der Waals surface area contributed by atoms with Gasteiger partial charge < -0.3 is 26.6 Å². The number of benzene rings is 3. The Balaban J connectivity index is 1.10. The van der Waals surface area contributed by atoms with Crippen LogP contribution in [0.4, 0.5) is 27.8 Å². The van der Waals surface area contributed by atoms with E-state index in [0.717, 1.165) is 67.2 Å². The summed E-state index contributed by atoms with van der Waals surface area (Å²) in [6.45, 7) is 3.21. The number of nitrogens with zero attached hydrogens (tertiary/aromatic N) is 5. The second kappa shape index (κ2) is 13.8. The molecule has 4 heterocycles. The van der Waals surface area contributed by atoms with Crippen molar-refractivity contribution in [1.29, 1.82) is 0 Å². The number of fused-ring (bicyclic) bond motifs is 1. The van der Waals surface area contributed by atoms with Gasteiger partial charge in [-0.2, -0.15) is 0 Å². The molecule has 0 aliphatic carbocycles. The molecule has 0 radical (unpaired) electrons. The maximum atomic E-state index is 12.7. The number of anilines is 4. The van der Waals surface area contributed by atoms with Crippen LogP contribution >= 0.6 is 0 Å². The van der Waals surface area contributed by atoms with Crippen molar-refractivity contribution in [2.24, 2.45) is 5.73 Å². The summed E-state index contributed by atoms with van der Waals surface area (Å²) in [6, 6.07) is 33.3. The minimum absolute atomic E-state index is 0.324. The monoisotopic (exact) mass is 623 g/mol. The van der Waals surface area contributed by atoms with Crippen LogP contribution in [0.15, 0.2) is 116 Å². The number of urea groups is 1. The molecule has 5 N–H and O–H groups in total. The van der Waals surface area contributed by atoms with E-state index < -0.39 is 0 Å². The highest BCUT2D eigenvalue weighted by molar-refractivity contribution is 6.00. The van der Waals surface area contributed by atoms with Gasteiger partial charge in [0.05, 0.1) is 17.1 Å². The van der Waals surface area contributed by atoms with E-state index in [9.17, 15) is 4.79 Å². The number of amides is 2. The predicted octanol–water partition coefficient (Wildman–Crippen LogP) is 6.81. The molecule has 3 aromatic heterocycles. The Morgan fingerprint density at radius 3 is 2.40 bits per heavy atom. The second-order valence-corrected chi connectivity index (χ2v) is 11.8. The lowest BCUT2D eigenvalue weighted by molar-refractivity contribution is 0.215. The molecule has 1 fully saturated rings. The van der Waals surface area contributed by atoms with Gasteiger partial charge >= 0.3 is 6.03 Å². The molecule has 1 aliphatic heterocycles. The van der Waals surface area contributed by atoms with E-state index in [4.69, 9.17) is 15.7 Å². The van der Waals surface area contributed by atoms with Gasteiger partial charge in [0.1, 0.15) is 5.65 Å². The first kappa shape index (κ1) is 30.1. The van der Waals surface area contributed by atoms with Crippen molar-refractivity contribution in [3.63, 3.8) is 0 Å². The lowest BCUT2D eigenvalue weighted by atomic mass is 10.1. The van der Waals surface area contributed by atoms with Crippen LogP contribution in [0.3, 0.4) is 0 Å². The SMILES string of the molecule is NC1CCN(CCc2ccc(Nc3nccc(-c4c(-c5cccc(NC(=O)Nc6ccccc6)c5)nc5ccccn45)n3)cc2)CC1. The molecular formula is C37H37N9O. The number of hydrogen-bond acceptors (Lipinski definition) is 7. The fourth-order valence-corrected chi connectivity index (χ4v) is 5.90. The third-order valence-corrected chi connectivity index (χ3v) is 8.41. The summed E-state index contributed by atoms with van der Waals surface area (Å²) in [7, 11) is 0. The Morgan fingerprint density at radius 2 is 1.57 bits per heavy atom. The van der Waals surface area contributed by atoms with Crippen LogP contribution in [0.1, 0.15) is 18.4 Å². The lowest BCUT2D eigenvalue weighted by Crippen LogP contribution is -2.40. The molecule has 0 spiro atoms. The normalized spacial score (nSPS) is 13.8. The highest BCUT2D eigenvalue weighted by Gasteiger charge is 2.19. The Labute approximate surface area is 273 Å². The molecule has 6 aromatic rings. The van der Waals surface area contributed by atoms with Crippen LogP contribution in [0.25, 0.3) is 28.3 Å². The van der Waals surface area contributed by atoms with E-state index in [1.807, 2.05) is 89.5 Å². The predicted molar refractivity (Wildman–Crippen MR) is 188 cm³/mol. The Kier molecular flexibility index (Phi) is 8.85. The van der Waals surface area contributed by atoms with Crippen LogP contribution in [0, 0.1) is 0 Å². The summed E-state index contributed by atoms with van der Waals surface area (Å²) < 4.78 is 2.02. The van der Waals surface area contributed by atoms with Crippen molar-refractivity contribution in [3.05, 3.63) is 121 Å². The first-order chi connectivity index (χ1) is 23.1. The van der Waals surface area contributed by atoms with Crippen LogP contribution in [0.2, 0.25) is 0 Å². The molecule has 47 heavy (non-hydrogen) atoms. The Bertz CT molecular complexity index is 1970. The molecule has 1 saturated heterocycles. The van der Waals surface area contributed by atoms with Gasteiger partial charge in [-0.3, -0.25) is 4.40 Å². The van der Waals surface area contributed by atoms with Crippen LogP contribution < -0.4 is 21.7 Å². The first-order valence-corrected chi connectivity index (χ1v) is 16.0. The van der Waals surface area contributed by atoms with Crippen molar-refractivity contribution in [3.8, 4) is 22.6 Å². The van der Waals surface area contributed by atoms with Crippen molar-refractivity contribution < 1.29 is 4.79 Å². The average molecular weight is 624 g/mol. The number of piperidine rings is 1. The van der Waals surface area contributed by atoms with Gasteiger partial charge in [0.25, 0.3) is 0 Å². The minimum Gasteiger partial charge on any atom is -0.328 e. The number of aromatic nitrogens is 4. The van der Waals surface area contributed by atoms with Crippen molar-refractivity contribution in [2.45, 2.75) is 25.3 Å². The molecule has 2 amide bonds. The number of pyridine rings is 1. The van der Waals surface area contributed by atoms with Gasteiger partial charge in [-0.05, 0) is 92.5 Å². The smallest absolute Gasteiger partial charge is 0.323 e. The van der Waals surface area contributed by atoms with E-state index in [1.54, 1.807) is 6.20 Å². The van der Waals surface area contributed by atoms with E-state index in [0.29, 0.717) is 29.1 Å². The summed E-state index contributed by atoms with van der Waals surface area (Å²) >= 11 is 0.